The highest BCUT2D eigenvalue weighted by Crippen LogP contribution is 2.64. The van der Waals surface area contributed by atoms with E-state index in [0.29, 0.717) is 24.2 Å². The maximum atomic E-state index is 6.11. The van der Waals surface area contributed by atoms with E-state index in [1.54, 1.807) is 0 Å². The predicted octanol–water partition coefficient (Wildman–Crippen LogP) is 4.19. The monoisotopic (exact) mass is 298 g/mol. The quantitative estimate of drug-likeness (QED) is 0.760. The second kappa shape index (κ2) is 5.07. The Hall–Kier alpha value is -0.860. The van der Waals surface area contributed by atoms with Crippen LogP contribution in [0.4, 0.5) is 0 Å². The zero-order valence-electron chi connectivity index (χ0n) is 13.2. The fraction of sp³-hybridized carbons (Fsp3) is 0.700. The Labute approximate surface area is 133 Å². The molecule has 1 aromatic rings. The third-order valence-corrected chi connectivity index (χ3v) is 6.67. The second-order valence-electron chi connectivity index (χ2n) is 8.38. The summed E-state index contributed by atoms with van der Waals surface area (Å²) in [6.45, 7) is 1.50. The van der Waals surface area contributed by atoms with E-state index in [-0.39, 0.29) is 0 Å². The van der Waals surface area contributed by atoms with Crippen molar-refractivity contribution in [1.82, 2.24) is 0 Å². The summed E-state index contributed by atoms with van der Waals surface area (Å²) in [5.41, 5.74) is 1.80. The molecule has 118 valence electrons. The Morgan fingerprint density at radius 1 is 0.955 bits per heavy atom. The van der Waals surface area contributed by atoms with E-state index in [1.807, 2.05) is 0 Å². The van der Waals surface area contributed by atoms with Crippen molar-refractivity contribution >= 4 is 0 Å². The van der Waals surface area contributed by atoms with Crippen LogP contribution in [0, 0.1) is 23.2 Å². The molecule has 1 heterocycles. The maximum absolute atomic E-state index is 6.11. The van der Waals surface area contributed by atoms with Crippen molar-refractivity contribution in [2.45, 2.75) is 57.3 Å². The van der Waals surface area contributed by atoms with Gasteiger partial charge in [-0.25, -0.2) is 0 Å². The van der Waals surface area contributed by atoms with Crippen LogP contribution in [-0.2, 0) is 16.1 Å². The Morgan fingerprint density at radius 2 is 1.59 bits per heavy atom. The summed E-state index contributed by atoms with van der Waals surface area (Å²) >= 11 is 0. The minimum Gasteiger partial charge on any atom is -0.374 e. The lowest BCUT2D eigenvalue weighted by Crippen LogP contribution is -2.49. The van der Waals surface area contributed by atoms with Crippen LogP contribution < -0.4 is 0 Å². The van der Waals surface area contributed by atoms with Crippen LogP contribution in [0.3, 0.4) is 0 Å². The normalized spacial score (nSPS) is 45.2. The van der Waals surface area contributed by atoms with Gasteiger partial charge in [-0.3, -0.25) is 0 Å². The van der Waals surface area contributed by atoms with Crippen LogP contribution in [0.5, 0.6) is 0 Å². The Balaban J connectivity index is 1.17. The van der Waals surface area contributed by atoms with Gasteiger partial charge >= 0.3 is 0 Å². The first-order valence-electron chi connectivity index (χ1n) is 9.08. The summed E-state index contributed by atoms with van der Waals surface area (Å²) in [5, 5.41) is 0. The van der Waals surface area contributed by atoms with Crippen molar-refractivity contribution in [2.75, 3.05) is 6.61 Å². The van der Waals surface area contributed by atoms with E-state index < -0.39 is 0 Å². The molecule has 2 atom stereocenters. The average Bonchev–Trinajstić information content (AvgIpc) is 3.27. The number of ether oxygens (including phenoxy) is 2. The van der Waals surface area contributed by atoms with E-state index in [2.05, 4.69) is 30.3 Å². The predicted molar refractivity (Wildman–Crippen MR) is 85.4 cm³/mol. The molecule has 1 aliphatic heterocycles. The lowest BCUT2D eigenvalue weighted by Gasteiger charge is -2.56. The van der Waals surface area contributed by atoms with E-state index in [9.17, 15) is 0 Å². The standard InChI is InChI=1S/C20H26O2/c1-2-4-14(5-3-1)12-21-13-18-19(22-18)20-9-15-6-16(10-20)8-17(7-15)11-20/h1-5,15-19H,6-13H2/t15?,16?,17?,18-,19-,20?/m0/s1. The number of rotatable bonds is 5. The van der Waals surface area contributed by atoms with Gasteiger partial charge in [0.05, 0.1) is 19.3 Å². The lowest BCUT2D eigenvalue weighted by atomic mass is 9.48. The van der Waals surface area contributed by atoms with Gasteiger partial charge in [-0.05, 0) is 61.8 Å². The molecular weight excluding hydrogens is 272 g/mol. The smallest absolute Gasteiger partial charge is 0.108 e. The minimum atomic E-state index is 0.375. The van der Waals surface area contributed by atoms with Crippen LogP contribution in [0.25, 0.3) is 0 Å². The first-order chi connectivity index (χ1) is 10.8. The molecular formula is C20H26O2. The van der Waals surface area contributed by atoms with Crippen LogP contribution in [-0.4, -0.2) is 18.8 Å². The number of hydrogen-bond acceptors (Lipinski definition) is 2. The van der Waals surface area contributed by atoms with Gasteiger partial charge in [-0.15, -0.1) is 0 Å². The summed E-state index contributed by atoms with van der Waals surface area (Å²) in [4.78, 5) is 0. The molecule has 2 nitrogen and oxygen atoms in total. The topological polar surface area (TPSA) is 21.8 Å². The molecule has 4 bridgehead atoms. The summed E-state index contributed by atoms with van der Waals surface area (Å²) in [5.74, 6) is 3.05. The van der Waals surface area contributed by atoms with Gasteiger partial charge in [0.1, 0.15) is 6.10 Å². The zero-order valence-corrected chi connectivity index (χ0v) is 13.2. The van der Waals surface area contributed by atoms with Crippen molar-refractivity contribution in [2.24, 2.45) is 23.2 Å². The molecule has 2 heteroatoms. The molecule has 0 aromatic heterocycles. The van der Waals surface area contributed by atoms with Gasteiger partial charge in [-0.2, -0.15) is 0 Å². The number of benzene rings is 1. The fourth-order valence-electron chi connectivity index (χ4n) is 6.20. The van der Waals surface area contributed by atoms with Gasteiger partial charge in [0, 0.05) is 5.41 Å². The first-order valence-corrected chi connectivity index (χ1v) is 9.08. The van der Waals surface area contributed by atoms with Crippen LogP contribution in [0.2, 0.25) is 0 Å². The third kappa shape index (κ3) is 2.32. The minimum absolute atomic E-state index is 0.375. The van der Waals surface area contributed by atoms with Gasteiger partial charge in [0.25, 0.3) is 0 Å². The Morgan fingerprint density at radius 3 is 2.23 bits per heavy atom. The average molecular weight is 298 g/mol. The Kier molecular flexibility index (Phi) is 3.13. The molecule has 4 saturated carbocycles. The SMILES string of the molecule is c1ccc(COC[C@@H]2O[C@@H]2C23CC4CC(CC(C4)C2)C3)cc1. The molecule has 0 N–H and O–H groups in total. The molecule has 1 aromatic carbocycles. The number of epoxide rings is 1. The van der Waals surface area contributed by atoms with Crippen LogP contribution >= 0.6 is 0 Å². The summed E-state index contributed by atoms with van der Waals surface area (Å²) in [6, 6.07) is 10.5. The Bertz CT molecular complexity index is 503. The highest BCUT2D eigenvalue weighted by molar-refractivity contribution is 5.14. The van der Waals surface area contributed by atoms with Crippen LogP contribution in [0.15, 0.2) is 30.3 Å². The van der Waals surface area contributed by atoms with Gasteiger partial charge in [-0.1, -0.05) is 30.3 Å². The van der Waals surface area contributed by atoms with Gasteiger partial charge < -0.3 is 9.47 Å². The van der Waals surface area contributed by atoms with E-state index in [1.165, 1.54) is 44.1 Å². The summed E-state index contributed by atoms with van der Waals surface area (Å²) in [7, 11) is 0. The van der Waals surface area contributed by atoms with Crippen molar-refractivity contribution in [3.63, 3.8) is 0 Å². The molecule has 0 amide bonds. The van der Waals surface area contributed by atoms with E-state index in [4.69, 9.17) is 9.47 Å². The molecule has 1 saturated heterocycles. The summed E-state index contributed by atoms with van der Waals surface area (Å²) in [6.07, 6.45) is 9.76. The molecule has 22 heavy (non-hydrogen) atoms. The molecule has 0 spiro atoms. The summed E-state index contributed by atoms with van der Waals surface area (Å²) < 4.78 is 12.0. The molecule has 5 aliphatic rings. The lowest BCUT2D eigenvalue weighted by molar-refractivity contribution is -0.0671. The fourth-order valence-corrected chi connectivity index (χ4v) is 6.20. The first kappa shape index (κ1) is 13.6. The molecule has 0 unspecified atom stereocenters. The van der Waals surface area contributed by atoms with Crippen molar-refractivity contribution in [3.8, 4) is 0 Å². The second-order valence-corrected chi connectivity index (χ2v) is 8.38. The molecule has 6 rings (SSSR count). The van der Waals surface area contributed by atoms with Crippen LogP contribution in [0.1, 0.15) is 44.1 Å². The number of hydrogen-bond donors (Lipinski definition) is 0. The highest BCUT2D eigenvalue weighted by Gasteiger charge is 2.61. The highest BCUT2D eigenvalue weighted by atomic mass is 16.6. The van der Waals surface area contributed by atoms with E-state index in [0.717, 1.165) is 24.4 Å². The van der Waals surface area contributed by atoms with Crippen molar-refractivity contribution < 1.29 is 9.47 Å². The molecule has 4 aliphatic carbocycles. The van der Waals surface area contributed by atoms with Crippen molar-refractivity contribution in [1.29, 1.82) is 0 Å². The van der Waals surface area contributed by atoms with Crippen molar-refractivity contribution in [3.05, 3.63) is 35.9 Å². The zero-order chi connectivity index (χ0) is 14.6. The third-order valence-electron chi connectivity index (χ3n) is 6.67. The molecule has 5 fully saturated rings. The van der Waals surface area contributed by atoms with Gasteiger partial charge in [0.15, 0.2) is 0 Å². The maximum Gasteiger partial charge on any atom is 0.108 e. The van der Waals surface area contributed by atoms with E-state index >= 15 is 0 Å². The molecule has 0 radical (unpaired) electrons. The van der Waals surface area contributed by atoms with Gasteiger partial charge in [0.2, 0.25) is 0 Å². The largest absolute Gasteiger partial charge is 0.374 e.